The van der Waals surface area contributed by atoms with Crippen LogP contribution in [0.15, 0.2) is 18.2 Å². The van der Waals surface area contributed by atoms with Crippen LogP contribution in [0.5, 0.6) is 0 Å². The van der Waals surface area contributed by atoms with Gasteiger partial charge in [0.2, 0.25) is 11.8 Å². The van der Waals surface area contributed by atoms with E-state index in [1.54, 1.807) is 18.2 Å². The minimum atomic E-state index is -0.431. The Morgan fingerprint density at radius 2 is 2.14 bits per heavy atom. The lowest BCUT2D eigenvalue weighted by Gasteiger charge is -2.29. The molecule has 2 rings (SSSR count). The van der Waals surface area contributed by atoms with Gasteiger partial charge < -0.3 is 20.7 Å². The zero-order valence-electron chi connectivity index (χ0n) is 11.9. The Hall–Kier alpha value is -1.63. The second-order valence-electron chi connectivity index (χ2n) is 4.87. The largest absolute Gasteiger partial charge is 0.375 e. The van der Waals surface area contributed by atoms with Gasteiger partial charge in [-0.15, -0.1) is 0 Å². The Labute approximate surface area is 128 Å². The quantitative estimate of drug-likeness (QED) is 0.792. The van der Waals surface area contributed by atoms with Crippen LogP contribution in [0.4, 0.5) is 11.4 Å². The smallest absolute Gasteiger partial charge is 0.244 e. The third kappa shape index (κ3) is 4.17. The monoisotopic (exact) mass is 311 g/mol. The predicted molar refractivity (Wildman–Crippen MR) is 81.6 cm³/mol. The van der Waals surface area contributed by atoms with Crippen LogP contribution in [0.3, 0.4) is 0 Å². The van der Waals surface area contributed by atoms with Crippen LogP contribution in [-0.2, 0) is 14.3 Å². The summed E-state index contributed by atoms with van der Waals surface area (Å²) in [6, 6.07) is 4.48. The predicted octanol–water partition coefficient (Wildman–Crippen LogP) is 1.61. The van der Waals surface area contributed by atoms with Crippen molar-refractivity contribution in [3.05, 3.63) is 23.2 Å². The zero-order valence-corrected chi connectivity index (χ0v) is 12.7. The fourth-order valence-electron chi connectivity index (χ4n) is 2.14. The van der Waals surface area contributed by atoms with Crippen LogP contribution in [-0.4, -0.2) is 37.1 Å². The summed E-state index contributed by atoms with van der Waals surface area (Å²) in [5.41, 5.74) is 1.02. The van der Waals surface area contributed by atoms with Crippen molar-refractivity contribution in [3.8, 4) is 0 Å². The van der Waals surface area contributed by atoms with Gasteiger partial charge >= 0.3 is 0 Å². The summed E-state index contributed by atoms with van der Waals surface area (Å²) >= 11 is 6.07. The van der Waals surface area contributed by atoms with E-state index >= 15 is 0 Å². The Kier molecular flexibility index (Phi) is 5.17. The van der Waals surface area contributed by atoms with Gasteiger partial charge in [0.15, 0.2) is 0 Å². The zero-order chi connectivity index (χ0) is 15.4. The third-order valence-corrected chi connectivity index (χ3v) is 3.47. The van der Waals surface area contributed by atoms with Crippen molar-refractivity contribution in [2.75, 3.05) is 23.8 Å². The average molecular weight is 312 g/mol. The Balaban J connectivity index is 2.10. The topological polar surface area (TPSA) is 79.5 Å². The SMILES string of the molecule is CC(=O)Nc1ccc(Cl)c(NC(=O)[C@H]2NCCO[C@@H]2C)c1. The minimum absolute atomic E-state index is 0.189. The maximum absolute atomic E-state index is 12.3. The van der Waals surface area contributed by atoms with Crippen molar-refractivity contribution < 1.29 is 14.3 Å². The van der Waals surface area contributed by atoms with Crippen LogP contribution in [0, 0.1) is 0 Å². The lowest BCUT2D eigenvalue weighted by molar-refractivity contribution is -0.123. The molecule has 0 aliphatic carbocycles. The van der Waals surface area contributed by atoms with Crippen LogP contribution in [0.1, 0.15) is 13.8 Å². The van der Waals surface area contributed by atoms with Crippen molar-refractivity contribution in [2.24, 2.45) is 0 Å². The number of halogens is 1. The van der Waals surface area contributed by atoms with Crippen molar-refractivity contribution in [1.82, 2.24) is 5.32 Å². The summed E-state index contributed by atoms with van der Waals surface area (Å²) in [4.78, 5) is 23.3. The highest BCUT2D eigenvalue weighted by molar-refractivity contribution is 6.34. The standard InChI is InChI=1S/C14H18ClN3O3/c1-8-13(16-5-6-21-8)14(20)18-12-7-10(17-9(2)19)3-4-11(12)15/h3-4,7-8,13,16H,5-6H2,1-2H3,(H,17,19)(H,18,20)/t8-,13+/m1/s1. The molecule has 6 nitrogen and oxygen atoms in total. The fourth-order valence-corrected chi connectivity index (χ4v) is 2.30. The van der Waals surface area contributed by atoms with E-state index in [-0.39, 0.29) is 17.9 Å². The molecule has 1 aromatic rings. The number of rotatable bonds is 3. The van der Waals surface area contributed by atoms with E-state index < -0.39 is 6.04 Å². The number of carbonyl (C=O) groups is 2. The van der Waals surface area contributed by atoms with E-state index in [9.17, 15) is 9.59 Å². The summed E-state index contributed by atoms with van der Waals surface area (Å²) in [6.45, 7) is 4.47. The lowest BCUT2D eigenvalue weighted by atomic mass is 10.1. The van der Waals surface area contributed by atoms with E-state index in [1.165, 1.54) is 6.92 Å². The molecule has 0 spiro atoms. The molecule has 1 heterocycles. The molecule has 7 heteroatoms. The molecule has 0 radical (unpaired) electrons. The molecule has 1 aliphatic heterocycles. The van der Waals surface area contributed by atoms with Crippen molar-refractivity contribution >= 4 is 34.8 Å². The Morgan fingerprint density at radius 3 is 2.81 bits per heavy atom. The molecule has 114 valence electrons. The number of hydrogen-bond donors (Lipinski definition) is 3. The third-order valence-electron chi connectivity index (χ3n) is 3.14. The number of anilines is 2. The van der Waals surface area contributed by atoms with Crippen LogP contribution in [0.2, 0.25) is 5.02 Å². The first-order valence-corrected chi connectivity index (χ1v) is 7.08. The molecule has 2 atom stereocenters. The molecule has 0 saturated carbocycles. The first kappa shape index (κ1) is 15.8. The number of carbonyl (C=O) groups excluding carboxylic acids is 2. The molecule has 1 fully saturated rings. The van der Waals surface area contributed by atoms with Crippen LogP contribution >= 0.6 is 11.6 Å². The Morgan fingerprint density at radius 1 is 1.38 bits per heavy atom. The molecular formula is C14H18ClN3O3. The number of hydrogen-bond acceptors (Lipinski definition) is 4. The van der Waals surface area contributed by atoms with Crippen molar-refractivity contribution in [1.29, 1.82) is 0 Å². The van der Waals surface area contributed by atoms with Gasteiger partial charge in [-0.2, -0.15) is 0 Å². The molecular weight excluding hydrogens is 294 g/mol. The fraction of sp³-hybridized carbons (Fsp3) is 0.429. The van der Waals surface area contributed by atoms with E-state index in [1.807, 2.05) is 6.92 Å². The Bertz CT molecular complexity index is 550. The van der Waals surface area contributed by atoms with E-state index in [2.05, 4.69) is 16.0 Å². The number of morpholine rings is 1. The number of amides is 2. The first-order chi connectivity index (χ1) is 9.97. The van der Waals surface area contributed by atoms with Crippen LogP contribution < -0.4 is 16.0 Å². The summed E-state index contributed by atoms with van der Waals surface area (Å²) in [5.74, 6) is -0.408. The highest BCUT2D eigenvalue weighted by atomic mass is 35.5. The normalized spacial score (nSPS) is 21.7. The lowest BCUT2D eigenvalue weighted by Crippen LogP contribution is -2.53. The van der Waals surface area contributed by atoms with Crippen molar-refractivity contribution in [2.45, 2.75) is 26.0 Å². The molecule has 0 bridgehead atoms. The molecule has 1 aromatic carbocycles. The van der Waals surface area contributed by atoms with Gasteiger partial charge in [-0.3, -0.25) is 9.59 Å². The van der Waals surface area contributed by atoms with Crippen molar-refractivity contribution in [3.63, 3.8) is 0 Å². The number of benzene rings is 1. The van der Waals surface area contributed by atoms with E-state index in [0.29, 0.717) is 29.5 Å². The summed E-state index contributed by atoms with van der Waals surface area (Å²) < 4.78 is 5.44. The van der Waals surface area contributed by atoms with Gasteiger partial charge in [-0.05, 0) is 25.1 Å². The maximum atomic E-state index is 12.3. The molecule has 21 heavy (non-hydrogen) atoms. The minimum Gasteiger partial charge on any atom is -0.375 e. The van der Waals surface area contributed by atoms with Gasteiger partial charge in [0.1, 0.15) is 6.04 Å². The summed E-state index contributed by atoms with van der Waals surface area (Å²) in [6.07, 6.45) is -0.212. The van der Waals surface area contributed by atoms with Gasteiger partial charge in [0, 0.05) is 19.2 Å². The second-order valence-corrected chi connectivity index (χ2v) is 5.28. The van der Waals surface area contributed by atoms with Gasteiger partial charge in [-0.1, -0.05) is 11.6 Å². The number of ether oxygens (including phenoxy) is 1. The van der Waals surface area contributed by atoms with Gasteiger partial charge in [-0.25, -0.2) is 0 Å². The number of nitrogens with one attached hydrogen (secondary N) is 3. The van der Waals surface area contributed by atoms with Crippen LogP contribution in [0.25, 0.3) is 0 Å². The average Bonchev–Trinajstić information content (AvgIpc) is 2.42. The van der Waals surface area contributed by atoms with E-state index in [4.69, 9.17) is 16.3 Å². The van der Waals surface area contributed by atoms with Gasteiger partial charge in [0.25, 0.3) is 0 Å². The summed E-state index contributed by atoms with van der Waals surface area (Å²) in [5, 5.41) is 8.91. The molecule has 0 unspecified atom stereocenters. The highest BCUT2D eigenvalue weighted by Gasteiger charge is 2.28. The van der Waals surface area contributed by atoms with Gasteiger partial charge in [0.05, 0.1) is 23.4 Å². The molecule has 2 amide bonds. The molecule has 0 aromatic heterocycles. The highest BCUT2D eigenvalue weighted by Crippen LogP contribution is 2.26. The molecule has 1 saturated heterocycles. The maximum Gasteiger partial charge on any atom is 0.244 e. The molecule has 3 N–H and O–H groups in total. The van der Waals surface area contributed by atoms with E-state index in [0.717, 1.165) is 0 Å². The first-order valence-electron chi connectivity index (χ1n) is 6.70. The second kappa shape index (κ2) is 6.89. The molecule has 1 aliphatic rings. The summed E-state index contributed by atoms with van der Waals surface area (Å²) in [7, 11) is 0.